The molecule has 0 amide bonds. The van der Waals surface area contributed by atoms with Gasteiger partial charge < -0.3 is 24.4 Å². The first kappa shape index (κ1) is 21.7. The predicted octanol–water partition coefficient (Wildman–Crippen LogP) is 3.17. The number of halogens is 1. The Morgan fingerprint density at radius 2 is 1.79 bits per heavy atom. The number of pyridine rings is 1. The van der Waals surface area contributed by atoms with Crippen LogP contribution in [0.25, 0.3) is 0 Å². The Kier molecular flexibility index (Phi) is 5.08. The van der Waals surface area contributed by atoms with Gasteiger partial charge in [0.2, 0.25) is 0 Å². The molecular formula is C25H22ClNO6. The molecule has 1 aliphatic heterocycles. The Bertz CT molecular complexity index is 1200. The van der Waals surface area contributed by atoms with Gasteiger partial charge in [0, 0.05) is 10.9 Å². The molecule has 0 bridgehead atoms. The van der Waals surface area contributed by atoms with Gasteiger partial charge in [-0.2, -0.15) is 0 Å². The van der Waals surface area contributed by atoms with Crippen molar-refractivity contribution in [3.63, 3.8) is 0 Å². The van der Waals surface area contributed by atoms with E-state index in [1.807, 2.05) is 30.3 Å². The van der Waals surface area contributed by atoms with E-state index in [4.69, 9.17) is 25.8 Å². The van der Waals surface area contributed by atoms with Crippen LogP contribution in [0.5, 0.6) is 11.5 Å². The van der Waals surface area contributed by atoms with Crippen molar-refractivity contribution in [1.82, 2.24) is 4.98 Å². The SMILES string of the molecule is COC(=O)[C@H]1[C@@H](O)[C@@]2(O)c3c(OC)cncc3O[C@@]2(c2ccc(Cl)cc2)[C@@H]1c1ccccc1. The first-order chi connectivity index (χ1) is 15.9. The number of ether oxygens (including phenoxy) is 3. The number of carbonyl (C=O) groups is 1. The molecule has 0 unspecified atom stereocenters. The number of rotatable bonds is 4. The van der Waals surface area contributed by atoms with Crippen molar-refractivity contribution in [2.75, 3.05) is 14.2 Å². The van der Waals surface area contributed by atoms with Gasteiger partial charge in [0.05, 0.1) is 38.1 Å². The van der Waals surface area contributed by atoms with Crippen LogP contribution in [-0.4, -0.2) is 41.5 Å². The van der Waals surface area contributed by atoms with Crippen molar-refractivity contribution < 1.29 is 29.2 Å². The molecule has 1 aromatic heterocycles. The minimum atomic E-state index is -2.07. The third kappa shape index (κ3) is 2.76. The number of aliphatic hydroxyl groups excluding tert-OH is 1. The van der Waals surface area contributed by atoms with E-state index in [0.29, 0.717) is 16.1 Å². The average Bonchev–Trinajstić information content (AvgIpc) is 3.22. The molecule has 2 N–H and O–H groups in total. The molecule has 2 heterocycles. The van der Waals surface area contributed by atoms with Crippen LogP contribution in [0.2, 0.25) is 5.02 Å². The Morgan fingerprint density at radius 3 is 2.42 bits per heavy atom. The molecule has 0 radical (unpaired) electrons. The van der Waals surface area contributed by atoms with Crippen LogP contribution in [0.1, 0.15) is 22.6 Å². The molecule has 7 nitrogen and oxygen atoms in total. The van der Waals surface area contributed by atoms with Crippen molar-refractivity contribution in [2.45, 2.75) is 23.2 Å². The Labute approximate surface area is 195 Å². The van der Waals surface area contributed by atoms with E-state index in [9.17, 15) is 15.0 Å². The molecule has 2 aromatic carbocycles. The zero-order valence-corrected chi connectivity index (χ0v) is 18.7. The number of hydrogen-bond acceptors (Lipinski definition) is 7. The molecule has 8 heteroatoms. The van der Waals surface area contributed by atoms with Crippen molar-refractivity contribution >= 4 is 17.6 Å². The van der Waals surface area contributed by atoms with E-state index in [1.165, 1.54) is 26.6 Å². The van der Waals surface area contributed by atoms with Gasteiger partial charge in [-0.25, -0.2) is 0 Å². The number of hydrogen-bond donors (Lipinski definition) is 2. The highest BCUT2D eigenvalue weighted by atomic mass is 35.5. The first-order valence-electron chi connectivity index (χ1n) is 10.4. The van der Waals surface area contributed by atoms with Crippen molar-refractivity contribution in [3.05, 3.63) is 88.7 Å². The molecular weight excluding hydrogens is 446 g/mol. The van der Waals surface area contributed by atoms with Gasteiger partial charge in [-0.15, -0.1) is 0 Å². The fourth-order valence-corrected chi connectivity index (χ4v) is 5.62. The largest absolute Gasteiger partial charge is 0.495 e. The Balaban J connectivity index is 1.89. The number of carbonyl (C=O) groups excluding carboxylic acids is 1. The Morgan fingerprint density at radius 1 is 1.09 bits per heavy atom. The molecule has 1 saturated carbocycles. The summed E-state index contributed by atoms with van der Waals surface area (Å²) < 4.78 is 17.1. The maximum atomic E-state index is 13.1. The van der Waals surface area contributed by atoms with Gasteiger partial charge in [0.15, 0.2) is 11.2 Å². The average molecular weight is 468 g/mol. The topological polar surface area (TPSA) is 98.1 Å². The molecule has 0 saturated heterocycles. The molecule has 0 spiro atoms. The molecule has 5 atom stereocenters. The molecule has 2 aliphatic rings. The fourth-order valence-electron chi connectivity index (χ4n) is 5.49. The second-order valence-corrected chi connectivity index (χ2v) is 8.64. The summed E-state index contributed by atoms with van der Waals surface area (Å²) in [4.78, 5) is 17.2. The maximum absolute atomic E-state index is 13.1. The molecule has 1 fully saturated rings. The molecule has 170 valence electrons. The number of benzene rings is 2. The highest BCUT2D eigenvalue weighted by Gasteiger charge is 2.78. The van der Waals surface area contributed by atoms with Crippen LogP contribution in [0.15, 0.2) is 67.0 Å². The number of esters is 1. The molecule has 5 rings (SSSR count). The molecule has 33 heavy (non-hydrogen) atoms. The van der Waals surface area contributed by atoms with E-state index in [2.05, 4.69) is 4.98 Å². The second kappa shape index (κ2) is 7.73. The van der Waals surface area contributed by atoms with E-state index < -0.39 is 35.1 Å². The van der Waals surface area contributed by atoms with Crippen molar-refractivity contribution in [1.29, 1.82) is 0 Å². The van der Waals surface area contributed by atoms with Gasteiger partial charge in [-0.1, -0.05) is 54.1 Å². The monoisotopic (exact) mass is 467 g/mol. The van der Waals surface area contributed by atoms with E-state index >= 15 is 0 Å². The van der Waals surface area contributed by atoms with Gasteiger partial charge in [-0.3, -0.25) is 9.78 Å². The van der Waals surface area contributed by atoms with Gasteiger partial charge in [0.1, 0.15) is 17.6 Å². The lowest BCUT2D eigenvalue weighted by Gasteiger charge is -2.40. The minimum Gasteiger partial charge on any atom is -0.495 e. The van der Waals surface area contributed by atoms with E-state index in [-0.39, 0.29) is 17.1 Å². The zero-order valence-electron chi connectivity index (χ0n) is 17.9. The lowest BCUT2D eigenvalue weighted by molar-refractivity contribution is -0.161. The van der Waals surface area contributed by atoms with Crippen molar-refractivity contribution in [2.24, 2.45) is 5.92 Å². The Hall–Kier alpha value is -3.13. The number of methoxy groups -OCH3 is 2. The summed E-state index contributed by atoms with van der Waals surface area (Å²) in [6.45, 7) is 0. The number of fused-ring (bicyclic) bond motifs is 3. The van der Waals surface area contributed by atoms with Crippen LogP contribution in [0.4, 0.5) is 0 Å². The maximum Gasteiger partial charge on any atom is 0.312 e. The van der Waals surface area contributed by atoms with Gasteiger partial charge in [-0.05, 0) is 23.3 Å². The van der Waals surface area contributed by atoms with Gasteiger partial charge >= 0.3 is 5.97 Å². The van der Waals surface area contributed by atoms with E-state index in [0.717, 1.165) is 0 Å². The van der Waals surface area contributed by atoms with Crippen LogP contribution >= 0.6 is 11.6 Å². The summed E-state index contributed by atoms with van der Waals surface area (Å²) in [5, 5.41) is 24.6. The fraction of sp³-hybridized carbons (Fsp3) is 0.280. The van der Waals surface area contributed by atoms with Crippen LogP contribution in [0, 0.1) is 5.92 Å². The summed E-state index contributed by atoms with van der Waals surface area (Å²) in [5.41, 5.74) is -2.21. The molecule has 1 aliphatic carbocycles. The summed E-state index contributed by atoms with van der Waals surface area (Å²) in [5.74, 6) is -2.11. The summed E-state index contributed by atoms with van der Waals surface area (Å²) in [6, 6.07) is 16.0. The number of aromatic nitrogens is 1. The summed E-state index contributed by atoms with van der Waals surface area (Å²) in [7, 11) is 2.69. The summed E-state index contributed by atoms with van der Waals surface area (Å²) >= 11 is 6.16. The van der Waals surface area contributed by atoms with Crippen molar-refractivity contribution in [3.8, 4) is 11.5 Å². The van der Waals surface area contributed by atoms with Crippen LogP contribution < -0.4 is 9.47 Å². The second-order valence-electron chi connectivity index (χ2n) is 8.21. The van der Waals surface area contributed by atoms with Gasteiger partial charge in [0.25, 0.3) is 0 Å². The highest BCUT2D eigenvalue weighted by molar-refractivity contribution is 6.30. The first-order valence-corrected chi connectivity index (χ1v) is 10.8. The van der Waals surface area contributed by atoms with Crippen LogP contribution in [0.3, 0.4) is 0 Å². The van der Waals surface area contributed by atoms with Crippen LogP contribution in [-0.2, 0) is 20.7 Å². The minimum absolute atomic E-state index is 0.231. The summed E-state index contributed by atoms with van der Waals surface area (Å²) in [6.07, 6.45) is 1.32. The standard InChI is InChI=1S/C25H22ClNO6/c1-31-17-12-27-13-18-21(17)24(30)22(28)19(23(29)32-2)20(14-6-4-3-5-7-14)25(24,33-18)15-8-10-16(26)11-9-15/h3-13,19-20,22,28,30H,1-2H3/t19-,20-,22-,24+,25+/m1/s1. The highest BCUT2D eigenvalue weighted by Crippen LogP contribution is 2.69. The lowest BCUT2D eigenvalue weighted by Crippen LogP contribution is -2.52. The molecule has 3 aromatic rings. The quantitative estimate of drug-likeness (QED) is 0.569. The normalized spacial score (nSPS) is 29.7. The number of nitrogens with zero attached hydrogens (tertiary/aromatic N) is 1. The lowest BCUT2D eigenvalue weighted by atomic mass is 9.70. The number of aliphatic hydroxyl groups is 2. The third-order valence-corrected chi connectivity index (χ3v) is 7.04. The third-order valence-electron chi connectivity index (χ3n) is 6.79. The smallest absolute Gasteiger partial charge is 0.312 e. The van der Waals surface area contributed by atoms with E-state index in [1.54, 1.807) is 24.3 Å². The predicted molar refractivity (Wildman–Crippen MR) is 119 cm³/mol. The zero-order chi connectivity index (χ0) is 23.4.